The molecule has 0 fully saturated rings. The van der Waals surface area contributed by atoms with Crippen LogP contribution < -0.4 is 4.74 Å². The molecule has 1 aromatic heterocycles. The van der Waals surface area contributed by atoms with Crippen LogP contribution in [-0.4, -0.2) is 9.91 Å². The number of halogens is 2. The minimum atomic E-state index is -0.564. The number of pyridine rings is 1. The van der Waals surface area contributed by atoms with Crippen molar-refractivity contribution in [2.24, 2.45) is 0 Å². The molecule has 0 atom stereocenters. The van der Waals surface area contributed by atoms with Crippen molar-refractivity contribution in [3.63, 3.8) is 0 Å². The lowest BCUT2D eigenvalue weighted by Crippen LogP contribution is -1.91. The first-order chi connectivity index (χ1) is 8.56. The molecule has 0 radical (unpaired) electrons. The van der Waals surface area contributed by atoms with E-state index in [1.54, 1.807) is 0 Å². The predicted molar refractivity (Wildman–Crippen MR) is 62.4 cm³/mol. The second kappa shape index (κ2) is 4.97. The van der Waals surface area contributed by atoms with Crippen molar-refractivity contribution >= 4 is 17.3 Å². The Kier molecular flexibility index (Phi) is 3.38. The lowest BCUT2D eigenvalue weighted by atomic mass is 10.3. The van der Waals surface area contributed by atoms with Gasteiger partial charge in [0.25, 0.3) is 5.69 Å². The molecule has 0 bridgehead atoms. The fourth-order valence-corrected chi connectivity index (χ4v) is 1.43. The zero-order valence-electron chi connectivity index (χ0n) is 8.84. The number of benzene rings is 1. The minimum absolute atomic E-state index is 0.0790. The van der Waals surface area contributed by atoms with Crippen LogP contribution in [0.2, 0.25) is 5.02 Å². The highest BCUT2D eigenvalue weighted by Gasteiger charge is 2.11. The summed E-state index contributed by atoms with van der Waals surface area (Å²) < 4.78 is 17.9. The molecule has 2 aromatic rings. The Morgan fingerprint density at radius 1 is 1.33 bits per heavy atom. The zero-order valence-corrected chi connectivity index (χ0v) is 9.60. The number of aromatic nitrogens is 1. The van der Waals surface area contributed by atoms with Crippen molar-refractivity contribution < 1.29 is 14.1 Å². The second-order valence-corrected chi connectivity index (χ2v) is 3.70. The first kappa shape index (κ1) is 12.3. The molecule has 1 heterocycles. The second-order valence-electron chi connectivity index (χ2n) is 3.29. The molecular weight excluding hydrogens is 263 g/mol. The first-order valence-electron chi connectivity index (χ1n) is 4.79. The van der Waals surface area contributed by atoms with Crippen LogP contribution in [0.1, 0.15) is 0 Å². The molecule has 0 aliphatic rings. The Morgan fingerprint density at radius 2 is 2.11 bits per heavy atom. The molecule has 0 amide bonds. The zero-order chi connectivity index (χ0) is 13.1. The summed E-state index contributed by atoms with van der Waals surface area (Å²) in [5.74, 6) is -0.134. The van der Waals surface area contributed by atoms with Gasteiger partial charge in [-0.15, -0.1) is 0 Å². The molecule has 0 saturated heterocycles. The summed E-state index contributed by atoms with van der Waals surface area (Å²) in [5.41, 5.74) is -0.139. The standard InChI is InChI=1S/C11H6ClFN2O3/c12-9-5-8(15(16)17)2-3-10(9)18-11-4-1-7(13)6-14-11/h1-6H. The molecule has 18 heavy (non-hydrogen) atoms. The van der Waals surface area contributed by atoms with Crippen LogP contribution in [0, 0.1) is 15.9 Å². The molecule has 1 aromatic carbocycles. The van der Waals surface area contributed by atoms with Crippen LogP contribution >= 0.6 is 11.6 Å². The molecule has 0 aliphatic carbocycles. The molecule has 0 spiro atoms. The van der Waals surface area contributed by atoms with E-state index in [1.165, 1.54) is 30.3 Å². The predicted octanol–water partition coefficient (Wildman–Crippen LogP) is 3.57. The summed E-state index contributed by atoms with van der Waals surface area (Å²) in [6, 6.07) is 6.28. The van der Waals surface area contributed by atoms with Gasteiger partial charge in [0.15, 0.2) is 0 Å². The third-order valence-corrected chi connectivity index (χ3v) is 2.34. The summed E-state index contributed by atoms with van der Waals surface area (Å²) in [4.78, 5) is 13.6. The topological polar surface area (TPSA) is 65.3 Å². The molecule has 0 saturated carbocycles. The van der Waals surface area contributed by atoms with E-state index in [1.807, 2.05) is 0 Å². The number of non-ortho nitro benzene ring substituents is 1. The number of nitrogens with zero attached hydrogens (tertiary/aromatic N) is 2. The van der Waals surface area contributed by atoms with Crippen molar-refractivity contribution in [1.82, 2.24) is 4.98 Å². The summed E-state index contributed by atoms with van der Waals surface area (Å²) in [7, 11) is 0. The Bertz CT molecular complexity index is 589. The summed E-state index contributed by atoms with van der Waals surface area (Å²) in [6.45, 7) is 0. The van der Waals surface area contributed by atoms with Crippen LogP contribution in [0.5, 0.6) is 11.6 Å². The van der Waals surface area contributed by atoms with Gasteiger partial charge in [-0.25, -0.2) is 9.37 Å². The van der Waals surface area contributed by atoms with Crippen LogP contribution in [0.25, 0.3) is 0 Å². The van der Waals surface area contributed by atoms with E-state index in [0.29, 0.717) is 0 Å². The highest BCUT2D eigenvalue weighted by Crippen LogP contribution is 2.31. The molecule has 0 N–H and O–H groups in total. The highest BCUT2D eigenvalue weighted by atomic mass is 35.5. The summed E-state index contributed by atoms with van der Waals surface area (Å²) >= 11 is 5.82. The smallest absolute Gasteiger partial charge is 0.271 e. The van der Waals surface area contributed by atoms with Crippen molar-refractivity contribution in [1.29, 1.82) is 0 Å². The van der Waals surface area contributed by atoms with E-state index in [0.717, 1.165) is 6.20 Å². The Hall–Kier alpha value is -2.21. The largest absolute Gasteiger partial charge is 0.437 e. The van der Waals surface area contributed by atoms with Crippen molar-refractivity contribution in [2.45, 2.75) is 0 Å². The van der Waals surface area contributed by atoms with E-state index in [-0.39, 0.29) is 22.3 Å². The molecule has 0 aliphatic heterocycles. The number of ether oxygens (including phenoxy) is 1. The van der Waals surface area contributed by atoms with Gasteiger partial charge in [-0.05, 0) is 12.1 Å². The van der Waals surface area contributed by atoms with Gasteiger partial charge in [-0.2, -0.15) is 0 Å². The molecule has 0 unspecified atom stereocenters. The van der Waals surface area contributed by atoms with Gasteiger partial charge in [0, 0.05) is 18.2 Å². The van der Waals surface area contributed by atoms with Crippen LogP contribution in [0.3, 0.4) is 0 Å². The van der Waals surface area contributed by atoms with Crippen LogP contribution in [0.15, 0.2) is 36.5 Å². The van der Waals surface area contributed by atoms with Gasteiger partial charge in [0.2, 0.25) is 5.88 Å². The quantitative estimate of drug-likeness (QED) is 0.630. The fraction of sp³-hybridized carbons (Fsp3) is 0. The average Bonchev–Trinajstić information content (AvgIpc) is 2.34. The fourth-order valence-electron chi connectivity index (χ4n) is 1.22. The van der Waals surface area contributed by atoms with E-state index in [2.05, 4.69) is 4.98 Å². The normalized spacial score (nSPS) is 10.1. The van der Waals surface area contributed by atoms with E-state index < -0.39 is 10.7 Å². The molecule has 2 rings (SSSR count). The van der Waals surface area contributed by atoms with Gasteiger partial charge in [0.1, 0.15) is 11.6 Å². The third-order valence-electron chi connectivity index (χ3n) is 2.04. The SMILES string of the molecule is O=[N+]([O-])c1ccc(Oc2ccc(F)cn2)c(Cl)c1. The number of nitro benzene ring substituents is 1. The van der Waals surface area contributed by atoms with E-state index >= 15 is 0 Å². The Morgan fingerprint density at radius 3 is 2.67 bits per heavy atom. The maximum absolute atomic E-state index is 12.6. The van der Waals surface area contributed by atoms with Crippen molar-refractivity contribution in [3.05, 3.63) is 57.5 Å². The Balaban J connectivity index is 2.24. The van der Waals surface area contributed by atoms with Gasteiger partial charge in [-0.1, -0.05) is 11.6 Å². The lowest BCUT2D eigenvalue weighted by Gasteiger charge is -2.05. The van der Waals surface area contributed by atoms with Gasteiger partial charge in [0.05, 0.1) is 16.1 Å². The number of rotatable bonds is 3. The number of hydrogen-bond acceptors (Lipinski definition) is 4. The molecule has 7 heteroatoms. The van der Waals surface area contributed by atoms with Gasteiger partial charge < -0.3 is 4.74 Å². The number of hydrogen-bond donors (Lipinski definition) is 0. The lowest BCUT2D eigenvalue weighted by molar-refractivity contribution is -0.384. The molecule has 5 nitrogen and oxygen atoms in total. The van der Waals surface area contributed by atoms with E-state index in [4.69, 9.17) is 16.3 Å². The maximum Gasteiger partial charge on any atom is 0.271 e. The summed E-state index contributed by atoms with van der Waals surface area (Å²) in [6.07, 6.45) is 0.995. The third kappa shape index (κ3) is 2.72. The summed E-state index contributed by atoms with van der Waals surface area (Å²) in [5, 5.41) is 10.6. The number of nitro groups is 1. The van der Waals surface area contributed by atoms with Gasteiger partial charge >= 0.3 is 0 Å². The Labute approximate surface area is 106 Å². The van der Waals surface area contributed by atoms with Crippen LogP contribution in [-0.2, 0) is 0 Å². The van der Waals surface area contributed by atoms with Crippen LogP contribution in [0.4, 0.5) is 10.1 Å². The maximum atomic E-state index is 12.6. The highest BCUT2D eigenvalue weighted by molar-refractivity contribution is 6.32. The van der Waals surface area contributed by atoms with Crippen molar-refractivity contribution in [2.75, 3.05) is 0 Å². The first-order valence-corrected chi connectivity index (χ1v) is 5.17. The van der Waals surface area contributed by atoms with E-state index in [9.17, 15) is 14.5 Å². The van der Waals surface area contributed by atoms with Gasteiger partial charge in [-0.3, -0.25) is 10.1 Å². The monoisotopic (exact) mass is 268 g/mol. The molecule has 92 valence electrons. The van der Waals surface area contributed by atoms with Crippen molar-refractivity contribution in [3.8, 4) is 11.6 Å². The molecular formula is C11H6ClFN2O3. The minimum Gasteiger partial charge on any atom is -0.437 e. The average molecular weight is 269 g/mol.